The minimum absolute atomic E-state index is 0. The summed E-state index contributed by atoms with van der Waals surface area (Å²) in [5.41, 5.74) is -1.57. The van der Waals surface area contributed by atoms with Gasteiger partial charge in [0.05, 0.1) is 0 Å². The van der Waals surface area contributed by atoms with Crippen molar-refractivity contribution in [3.05, 3.63) is 0 Å². The first-order valence-corrected chi connectivity index (χ1v) is 8.48. The first kappa shape index (κ1) is 24.8. The van der Waals surface area contributed by atoms with Gasteiger partial charge in [-0.1, -0.05) is 78.1 Å². The van der Waals surface area contributed by atoms with E-state index in [4.69, 9.17) is 0 Å². The van der Waals surface area contributed by atoms with Gasteiger partial charge in [0, 0.05) is 0 Å². The second-order valence-electron chi connectivity index (χ2n) is 6.02. The molecule has 0 atom stereocenters. The van der Waals surface area contributed by atoms with Gasteiger partial charge in [0.2, 0.25) is 0 Å². The maximum Gasteiger partial charge on any atom is 2.00 e. The van der Waals surface area contributed by atoms with E-state index in [1.807, 2.05) is 0 Å². The molecule has 0 fully saturated rings. The third-order valence-electron chi connectivity index (χ3n) is 4.23. The molecule has 0 aromatic carbocycles. The van der Waals surface area contributed by atoms with Crippen molar-refractivity contribution in [2.75, 3.05) is 0 Å². The molecule has 0 spiro atoms. The summed E-state index contributed by atoms with van der Waals surface area (Å²) >= 11 is 0. The smallest absolute Gasteiger partial charge is 1.00 e. The van der Waals surface area contributed by atoms with Gasteiger partial charge in [0.25, 0.3) is 0 Å². The van der Waals surface area contributed by atoms with E-state index in [-0.39, 0.29) is 64.6 Å². The first-order valence-electron chi connectivity index (χ1n) is 8.48. The second-order valence-corrected chi connectivity index (χ2v) is 6.02. The van der Waals surface area contributed by atoms with Gasteiger partial charge in [0.15, 0.2) is 5.41 Å². The Morgan fingerprint density at radius 2 is 1.05 bits per heavy atom. The van der Waals surface area contributed by atoms with Gasteiger partial charge in [-0.2, -0.15) is 0 Å². The zero-order chi connectivity index (χ0) is 16.1. The summed E-state index contributed by atoms with van der Waals surface area (Å²) < 4.78 is 0. The van der Waals surface area contributed by atoms with Crippen LogP contribution in [0.1, 0.15) is 93.8 Å². The van der Waals surface area contributed by atoms with Crippen LogP contribution in [0.3, 0.4) is 0 Å². The van der Waals surface area contributed by atoms with E-state index in [0.717, 1.165) is 51.4 Å². The van der Waals surface area contributed by atoms with Crippen molar-refractivity contribution in [1.82, 2.24) is 0 Å². The molecule has 2 N–H and O–H groups in total. The molecule has 0 aliphatic rings. The van der Waals surface area contributed by atoms with Crippen LogP contribution < -0.4 is 0 Å². The summed E-state index contributed by atoms with van der Waals surface area (Å²) in [4.78, 5) is 23.0. The van der Waals surface area contributed by atoms with E-state index in [9.17, 15) is 19.8 Å². The van der Waals surface area contributed by atoms with Crippen LogP contribution in [0, 0.1) is 5.41 Å². The molecule has 0 bridgehead atoms. The van der Waals surface area contributed by atoms with Gasteiger partial charge in [-0.3, -0.25) is 9.59 Å². The molecule has 22 heavy (non-hydrogen) atoms. The molecule has 0 saturated carbocycles. The molecular weight excluding hydrogens is 406 g/mol. The van der Waals surface area contributed by atoms with Crippen LogP contribution >= 0.6 is 0 Å². The SMILES string of the molecule is CCCCCCCC(CCCCCCC)(C(=O)O)C(=O)O.[Ba+2].[H-].[H-]. The standard InChI is InChI=1S/C17H32O4.Ba.2H/c1-3-5-7-9-11-13-17(15(18)19,16(20)21)14-12-10-8-6-4-2;;;/h3-14H2,1-2H3,(H,18,19)(H,20,21);;;/q;+2;2*-1. The summed E-state index contributed by atoms with van der Waals surface area (Å²) in [6, 6.07) is 0. The van der Waals surface area contributed by atoms with Crippen molar-refractivity contribution in [3.63, 3.8) is 0 Å². The number of hydrogen-bond donors (Lipinski definition) is 2. The Labute approximate surface area is 178 Å². The van der Waals surface area contributed by atoms with E-state index >= 15 is 0 Å². The number of hydrogen-bond acceptors (Lipinski definition) is 2. The van der Waals surface area contributed by atoms with Gasteiger partial charge in [0.1, 0.15) is 0 Å². The Morgan fingerprint density at radius 3 is 1.32 bits per heavy atom. The van der Waals surface area contributed by atoms with Crippen molar-refractivity contribution in [1.29, 1.82) is 0 Å². The summed E-state index contributed by atoms with van der Waals surface area (Å²) in [5.74, 6) is -2.33. The van der Waals surface area contributed by atoms with Crippen molar-refractivity contribution >= 4 is 60.8 Å². The van der Waals surface area contributed by atoms with Gasteiger partial charge >= 0.3 is 60.8 Å². The van der Waals surface area contributed by atoms with E-state index in [2.05, 4.69) is 13.8 Å². The molecule has 4 nitrogen and oxygen atoms in total. The summed E-state index contributed by atoms with van der Waals surface area (Å²) in [5, 5.41) is 18.8. The maximum atomic E-state index is 11.5. The fraction of sp³-hybridized carbons (Fsp3) is 0.882. The van der Waals surface area contributed by atoms with Crippen LogP contribution in [0.5, 0.6) is 0 Å². The Hall–Kier alpha value is 0.511. The zero-order valence-corrected chi connectivity index (χ0v) is 18.8. The average molecular weight is 440 g/mol. The van der Waals surface area contributed by atoms with Gasteiger partial charge in [-0.25, -0.2) is 0 Å². The van der Waals surface area contributed by atoms with Crippen molar-refractivity contribution in [3.8, 4) is 0 Å². The average Bonchev–Trinajstić information content (AvgIpc) is 2.44. The molecule has 0 radical (unpaired) electrons. The Kier molecular flexibility index (Phi) is 17.0. The molecule has 0 heterocycles. The van der Waals surface area contributed by atoms with E-state index in [1.165, 1.54) is 0 Å². The van der Waals surface area contributed by atoms with E-state index in [0.29, 0.717) is 12.8 Å². The number of carbonyl (C=O) groups is 2. The van der Waals surface area contributed by atoms with Gasteiger partial charge in [-0.05, 0) is 12.8 Å². The molecule has 0 rings (SSSR count). The predicted molar refractivity (Wildman–Crippen MR) is 92.4 cm³/mol. The van der Waals surface area contributed by atoms with Crippen LogP contribution in [0.2, 0.25) is 0 Å². The number of carboxylic acid groups (broad SMARTS) is 2. The maximum absolute atomic E-state index is 11.5. The topological polar surface area (TPSA) is 74.6 Å². The van der Waals surface area contributed by atoms with Crippen LogP contribution in [-0.4, -0.2) is 71.0 Å². The molecule has 5 heteroatoms. The number of unbranched alkanes of at least 4 members (excludes halogenated alkanes) is 8. The zero-order valence-electron chi connectivity index (χ0n) is 16.4. The second kappa shape index (κ2) is 15.1. The largest absolute Gasteiger partial charge is 2.00 e. The molecule has 0 unspecified atom stereocenters. The first-order chi connectivity index (χ1) is 10.0. The fourth-order valence-corrected chi connectivity index (χ4v) is 2.70. The molecule has 128 valence electrons. The van der Waals surface area contributed by atoms with E-state index in [1.54, 1.807) is 0 Å². The Morgan fingerprint density at radius 1 is 0.727 bits per heavy atom. The van der Waals surface area contributed by atoms with Crippen LogP contribution in [0.25, 0.3) is 0 Å². The van der Waals surface area contributed by atoms with Crippen molar-refractivity contribution in [2.45, 2.75) is 90.9 Å². The monoisotopic (exact) mass is 440 g/mol. The fourth-order valence-electron chi connectivity index (χ4n) is 2.70. The van der Waals surface area contributed by atoms with Crippen LogP contribution in [0.4, 0.5) is 0 Å². The number of rotatable bonds is 14. The Bertz CT molecular complexity index is 285. The summed E-state index contributed by atoms with van der Waals surface area (Å²) in [7, 11) is 0. The summed E-state index contributed by atoms with van der Waals surface area (Å²) in [6.07, 6.45) is 10.4. The molecular formula is C17H34BaO4. The number of carboxylic acids is 2. The molecule has 0 aromatic heterocycles. The van der Waals surface area contributed by atoms with Crippen LogP contribution in [0.15, 0.2) is 0 Å². The van der Waals surface area contributed by atoms with Crippen molar-refractivity contribution in [2.24, 2.45) is 5.41 Å². The van der Waals surface area contributed by atoms with E-state index < -0.39 is 17.4 Å². The minimum atomic E-state index is -1.57. The third-order valence-corrected chi connectivity index (χ3v) is 4.23. The molecule has 0 saturated heterocycles. The molecule has 0 aromatic rings. The number of aliphatic carboxylic acids is 2. The molecule has 0 aliphatic carbocycles. The molecule has 0 amide bonds. The quantitative estimate of drug-likeness (QED) is 0.233. The van der Waals surface area contributed by atoms with Crippen molar-refractivity contribution < 1.29 is 22.7 Å². The van der Waals surface area contributed by atoms with Crippen LogP contribution in [-0.2, 0) is 9.59 Å². The Balaban J connectivity index is -0.000000667. The summed E-state index contributed by atoms with van der Waals surface area (Å²) in [6.45, 7) is 4.24. The van der Waals surface area contributed by atoms with Gasteiger partial charge in [-0.15, -0.1) is 0 Å². The predicted octanol–water partition coefficient (Wildman–Crippen LogP) is 4.71. The molecule has 0 aliphatic heterocycles. The minimum Gasteiger partial charge on any atom is -1.00 e. The van der Waals surface area contributed by atoms with Gasteiger partial charge < -0.3 is 13.1 Å². The normalized spacial score (nSPS) is 11.0. The third kappa shape index (κ3) is 9.61.